The van der Waals surface area contributed by atoms with E-state index in [1.807, 2.05) is 26.0 Å². The lowest BCUT2D eigenvalue weighted by Gasteiger charge is -2.16. The van der Waals surface area contributed by atoms with Crippen LogP contribution in [0.5, 0.6) is 5.75 Å². The van der Waals surface area contributed by atoms with E-state index < -0.39 is 0 Å². The molecule has 0 atom stereocenters. The Bertz CT molecular complexity index is 472. The Morgan fingerprint density at radius 2 is 1.90 bits per heavy atom. The third kappa shape index (κ3) is 5.43. The van der Waals surface area contributed by atoms with Gasteiger partial charge < -0.3 is 9.84 Å². The monoisotopic (exact) mass is 403 g/mol. The van der Waals surface area contributed by atoms with Gasteiger partial charge in [-0.1, -0.05) is 0 Å². The van der Waals surface area contributed by atoms with Crippen LogP contribution in [0, 0.1) is 16.7 Å². The average Bonchev–Trinajstić information content (AvgIpc) is 2.37. The molecule has 0 fully saturated rings. The molecular weight excluding hydrogens is 386 g/mol. The molecule has 110 valence electrons. The molecule has 0 radical (unpaired) electrons. The van der Waals surface area contributed by atoms with Crippen molar-refractivity contribution in [3.05, 3.63) is 26.6 Å². The Morgan fingerprint density at radius 3 is 2.40 bits per heavy atom. The molecule has 1 aromatic rings. The van der Waals surface area contributed by atoms with Gasteiger partial charge in [-0.05, 0) is 82.7 Å². The normalized spacial score (nSPS) is 11.2. The molecule has 0 aliphatic heterocycles. The Kier molecular flexibility index (Phi) is 7.01. The van der Waals surface area contributed by atoms with E-state index in [9.17, 15) is 0 Å². The minimum atomic E-state index is -0.303. The molecule has 5 heteroatoms. The summed E-state index contributed by atoms with van der Waals surface area (Å²) >= 11 is 6.97. The summed E-state index contributed by atoms with van der Waals surface area (Å²) < 4.78 is 7.52. The van der Waals surface area contributed by atoms with Crippen LogP contribution in [0.25, 0.3) is 0 Å². The van der Waals surface area contributed by atoms with Crippen molar-refractivity contribution in [1.29, 1.82) is 5.26 Å². The van der Waals surface area contributed by atoms with Gasteiger partial charge in [0, 0.05) is 6.61 Å². The number of hydrogen-bond acceptors (Lipinski definition) is 3. The van der Waals surface area contributed by atoms with Gasteiger partial charge in [-0.3, -0.25) is 0 Å². The minimum Gasteiger partial charge on any atom is -0.491 e. The molecule has 0 aliphatic rings. The Balaban J connectivity index is 2.59. The smallest absolute Gasteiger partial charge is 0.147 e. The van der Waals surface area contributed by atoms with E-state index in [1.165, 1.54) is 0 Å². The highest BCUT2D eigenvalue weighted by atomic mass is 79.9. The van der Waals surface area contributed by atoms with Crippen molar-refractivity contribution in [2.24, 2.45) is 5.41 Å². The molecule has 0 bridgehead atoms. The van der Waals surface area contributed by atoms with Gasteiger partial charge in [-0.15, -0.1) is 0 Å². The second-order valence-corrected chi connectivity index (χ2v) is 7.02. The molecule has 0 aromatic heterocycles. The van der Waals surface area contributed by atoms with E-state index in [2.05, 4.69) is 37.9 Å². The summed E-state index contributed by atoms with van der Waals surface area (Å²) in [7, 11) is 0. The van der Waals surface area contributed by atoms with E-state index in [1.54, 1.807) is 0 Å². The van der Waals surface area contributed by atoms with E-state index in [0.29, 0.717) is 13.0 Å². The van der Waals surface area contributed by atoms with Crippen LogP contribution in [0.2, 0.25) is 0 Å². The summed E-state index contributed by atoms with van der Waals surface area (Å²) in [5, 5.41) is 17.9. The predicted molar refractivity (Wildman–Crippen MR) is 86.8 cm³/mol. The summed E-state index contributed by atoms with van der Waals surface area (Å²) in [4.78, 5) is 0. The van der Waals surface area contributed by atoms with Crippen molar-refractivity contribution in [1.82, 2.24) is 0 Å². The molecule has 0 saturated carbocycles. The highest BCUT2D eigenvalue weighted by Gasteiger charge is 2.16. The fourth-order valence-electron chi connectivity index (χ4n) is 1.77. The quantitative estimate of drug-likeness (QED) is 0.682. The molecule has 1 aromatic carbocycles. The Morgan fingerprint density at radius 1 is 1.30 bits per heavy atom. The number of hydrogen-bond donors (Lipinski definition) is 1. The predicted octanol–water partition coefficient (Wildman–Crippen LogP) is 4.46. The lowest BCUT2D eigenvalue weighted by molar-refractivity contribution is 0.281. The molecule has 0 unspecified atom stereocenters. The number of ether oxygens (including phenoxy) is 1. The third-order valence-electron chi connectivity index (χ3n) is 2.95. The average molecular weight is 405 g/mol. The van der Waals surface area contributed by atoms with E-state index in [-0.39, 0.29) is 12.0 Å². The van der Waals surface area contributed by atoms with Gasteiger partial charge in [0.25, 0.3) is 0 Å². The zero-order valence-electron chi connectivity index (χ0n) is 11.7. The number of aliphatic hydroxyl groups is 1. The summed E-state index contributed by atoms with van der Waals surface area (Å²) in [6.07, 6.45) is 2.26. The van der Waals surface area contributed by atoms with Crippen molar-refractivity contribution in [2.45, 2.75) is 33.1 Å². The maximum atomic E-state index is 8.96. The van der Waals surface area contributed by atoms with Crippen LogP contribution >= 0.6 is 31.9 Å². The SMILES string of the molecule is CC(C)(C#N)CCCOc1c(Br)cc(CCO)cc1Br. The first-order valence-electron chi connectivity index (χ1n) is 6.52. The number of nitriles is 1. The second-order valence-electron chi connectivity index (χ2n) is 5.31. The van der Waals surface area contributed by atoms with Crippen LogP contribution in [0.1, 0.15) is 32.3 Å². The van der Waals surface area contributed by atoms with Crippen LogP contribution < -0.4 is 4.74 Å². The van der Waals surface area contributed by atoms with Gasteiger partial charge in [-0.25, -0.2) is 0 Å². The van der Waals surface area contributed by atoms with Crippen molar-refractivity contribution in [3.63, 3.8) is 0 Å². The summed E-state index contributed by atoms with van der Waals surface area (Å²) in [6.45, 7) is 4.56. The zero-order chi connectivity index (χ0) is 15.2. The molecule has 1 rings (SSSR count). The summed E-state index contributed by atoms with van der Waals surface area (Å²) in [5.74, 6) is 0.765. The number of aliphatic hydroxyl groups excluding tert-OH is 1. The van der Waals surface area contributed by atoms with E-state index >= 15 is 0 Å². The first-order chi connectivity index (χ1) is 9.39. The molecule has 3 nitrogen and oxygen atoms in total. The van der Waals surface area contributed by atoms with Crippen LogP contribution in [-0.2, 0) is 6.42 Å². The van der Waals surface area contributed by atoms with Gasteiger partial charge >= 0.3 is 0 Å². The summed E-state index contributed by atoms with van der Waals surface area (Å²) in [6, 6.07) is 6.19. The number of benzene rings is 1. The Labute approximate surface area is 137 Å². The van der Waals surface area contributed by atoms with Gasteiger partial charge in [0.05, 0.1) is 27.0 Å². The molecule has 0 spiro atoms. The fourth-order valence-corrected chi connectivity index (χ4v) is 3.28. The van der Waals surface area contributed by atoms with E-state index in [0.717, 1.165) is 33.1 Å². The standard InChI is InChI=1S/C15H19Br2NO2/c1-15(2,10-18)5-3-7-20-14-12(16)8-11(4-6-19)9-13(14)17/h8-9,19H,3-7H2,1-2H3. The fraction of sp³-hybridized carbons (Fsp3) is 0.533. The first kappa shape index (κ1) is 17.5. The van der Waals surface area contributed by atoms with Gasteiger partial charge in [-0.2, -0.15) is 5.26 Å². The third-order valence-corrected chi connectivity index (χ3v) is 4.13. The maximum Gasteiger partial charge on any atom is 0.147 e. The largest absolute Gasteiger partial charge is 0.491 e. The van der Waals surface area contributed by atoms with Crippen LogP contribution in [0.4, 0.5) is 0 Å². The second kappa shape index (κ2) is 8.02. The lowest BCUT2D eigenvalue weighted by Crippen LogP contribution is -2.10. The van der Waals surface area contributed by atoms with Crippen LogP contribution in [0.3, 0.4) is 0 Å². The molecule has 0 heterocycles. The van der Waals surface area contributed by atoms with Crippen molar-refractivity contribution in [2.75, 3.05) is 13.2 Å². The topological polar surface area (TPSA) is 53.2 Å². The Hall–Kier alpha value is -0.570. The molecular formula is C15H19Br2NO2. The number of halogens is 2. The van der Waals surface area contributed by atoms with Gasteiger partial charge in [0.2, 0.25) is 0 Å². The number of nitrogens with zero attached hydrogens (tertiary/aromatic N) is 1. The highest BCUT2D eigenvalue weighted by Crippen LogP contribution is 2.35. The molecule has 0 saturated heterocycles. The molecule has 0 aliphatic carbocycles. The molecule has 1 N–H and O–H groups in total. The molecule has 0 amide bonds. The van der Waals surface area contributed by atoms with Gasteiger partial charge in [0.15, 0.2) is 0 Å². The first-order valence-corrected chi connectivity index (χ1v) is 8.11. The summed E-state index contributed by atoms with van der Waals surface area (Å²) in [5.41, 5.74) is 0.743. The van der Waals surface area contributed by atoms with Crippen molar-refractivity contribution >= 4 is 31.9 Å². The van der Waals surface area contributed by atoms with E-state index in [4.69, 9.17) is 15.1 Å². The van der Waals surface area contributed by atoms with Gasteiger partial charge in [0.1, 0.15) is 5.75 Å². The van der Waals surface area contributed by atoms with Crippen molar-refractivity contribution < 1.29 is 9.84 Å². The highest BCUT2D eigenvalue weighted by molar-refractivity contribution is 9.11. The zero-order valence-corrected chi connectivity index (χ0v) is 14.9. The number of rotatable bonds is 7. The van der Waals surface area contributed by atoms with Crippen molar-refractivity contribution in [3.8, 4) is 11.8 Å². The minimum absolute atomic E-state index is 0.127. The lowest BCUT2D eigenvalue weighted by atomic mass is 9.90. The maximum absolute atomic E-state index is 8.96. The molecule has 20 heavy (non-hydrogen) atoms. The van der Waals surface area contributed by atoms with Crippen LogP contribution in [0.15, 0.2) is 21.1 Å². The van der Waals surface area contributed by atoms with Crippen LogP contribution in [-0.4, -0.2) is 18.3 Å².